The lowest BCUT2D eigenvalue weighted by Crippen LogP contribution is -2.51. The third-order valence-electron chi connectivity index (χ3n) is 12.0. The van der Waals surface area contributed by atoms with Crippen LogP contribution in [0.15, 0.2) is 30.3 Å². The molecule has 4 aromatic rings. The highest BCUT2D eigenvalue weighted by Gasteiger charge is 2.53. The van der Waals surface area contributed by atoms with Crippen molar-refractivity contribution in [2.24, 2.45) is 10.8 Å². The van der Waals surface area contributed by atoms with Crippen molar-refractivity contribution in [3.63, 3.8) is 0 Å². The number of rotatable bonds is 7. The highest BCUT2D eigenvalue weighted by atomic mass is 19.1. The van der Waals surface area contributed by atoms with E-state index in [2.05, 4.69) is 26.0 Å². The first-order valence-corrected chi connectivity index (χ1v) is 17.8. The number of anilines is 1. The Morgan fingerprint density at radius 3 is 2.51 bits per heavy atom. The van der Waals surface area contributed by atoms with Crippen LogP contribution in [-0.4, -0.2) is 95.8 Å². The third-order valence-corrected chi connectivity index (χ3v) is 12.0. The maximum Gasteiger partial charge on any atom is 0.319 e. The number of carbonyl (C=O) groups is 1. The highest BCUT2D eigenvalue weighted by molar-refractivity contribution is 6.04. The second-order valence-corrected chi connectivity index (χ2v) is 15.5. The van der Waals surface area contributed by atoms with E-state index in [1.54, 1.807) is 0 Å². The van der Waals surface area contributed by atoms with Crippen LogP contribution in [0.4, 0.5) is 19.0 Å². The van der Waals surface area contributed by atoms with Crippen molar-refractivity contribution in [3.8, 4) is 35.2 Å². The molecule has 2 bridgehead atoms. The number of aromatic nitrogens is 2. The van der Waals surface area contributed by atoms with E-state index in [1.807, 2.05) is 11.9 Å². The van der Waals surface area contributed by atoms with Crippen molar-refractivity contribution in [1.29, 1.82) is 0 Å². The molecule has 264 valence electrons. The zero-order chi connectivity index (χ0) is 35.2. The fourth-order valence-electron chi connectivity index (χ4n) is 9.13. The van der Waals surface area contributed by atoms with E-state index in [4.69, 9.17) is 16.1 Å². The zero-order valence-corrected chi connectivity index (χ0v) is 28.4. The summed E-state index contributed by atoms with van der Waals surface area (Å²) in [5.41, 5.74) is -1.27. The van der Waals surface area contributed by atoms with Crippen LogP contribution in [0.5, 0.6) is 11.8 Å². The van der Waals surface area contributed by atoms with Gasteiger partial charge in [0.25, 0.3) is 0 Å². The van der Waals surface area contributed by atoms with Crippen LogP contribution in [0.3, 0.4) is 0 Å². The van der Waals surface area contributed by atoms with Crippen LogP contribution in [0.1, 0.15) is 44.1 Å². The zero-order valence-electron chi connectivity index (χ0n) is 28.4. The van der Waals surface area contributed by atoms with Gasteiger partial charge in [-0.25, -0.2) is 13.2 Å². The molecule has 1 amide bonds. The van der Waals surface area contributed by atoms with Gasteiger partial charge in [0.1, 0.15) is 28.7 Å². The lowest BCUT2D eigenvalue weighted by Gasteiger charge is -2.34. The molecule has 0 radical (unpaired) electrons. The van der Waals surface area contributed by atoms with E-state index in [9.17, 15) is 14.3 Å². The summed E-state index contributed by atoms with van der Waals surface area (Å²) in [5.74, 6) is 0.0859. The summed E-state index contributed by atoms with van der Waals surface area (Å²) in [4.78, 5) is 28.5. The number of nitrogens with one attached hydrogen (secondary N) is 1. The number of piperazine rings is 1. The molecular weight excluding hydrogens is 657 g/mol. The van der Waals surface area contributed by atoms with Crippen molar-refractivity contribution in [2.45, 2.75) is 50.6 Å². The van der Waals surface area contributed by atoms with E-state index in [-0.39, 0.29) is 68.0 Å². The maximum absolute atomic E-state index is 17.0. The maximum atomic E-state index is 17.0. The second-order valence-electron chi connectivity index (χ2n) is 15.5. The standard InChI is InChI=1S/C39H39F3N6O3/c1-3-26-29(40)7-4-22-14-25(49)15-27(31(22)26)32-30(41)16-28-34(33(32)42)44-37(45-35(28)48-17-23-5-6-24(18-48)43-23)51-21-38(8-9-38)19-47-13-11-39(20-47)10-12-46(2)36(39)50/h1,4,7,14-16,23-24,43,49H,5-6,8-13,17-21H2,2H3. The van der Waals surface area contributed by atoms with E-state index in [0.29, 0.717) is 30.9 Å². The third kappa shape index (κ3) is 5.35. The van der Waals surface area contributed by atoms with Gasteiger partial charge in [0.05, 0.1) is 23.1 Å². The Morgan fingerprint density at radius 1 is 1.04 bits per heavy atom. The smallest absolute Gasteiger partial charge is 0.319 e. The molecule has 4 aliphatic heterocycles. The topological polar surface area (TPSA) is 94.1 Å². The number of aromatic hydroxyl groups is 1. The monoisotopic (exact) mass is 696 g/mol. The number of phenolic OH excluding ortho intramolecular Hbond substituents is 1. The summed E-state index contributed by atoms with van der Waals surface area (Å²) in [7, 11) is 1.87. The number of carbonyl (C=O) groups excluding carboxylic acids is 1. The lowest BCUT2D eigenvalue weighted by atomic mass is 9.85. The Kier molecular flexibility index (Phi) is 7.42. The number of hydrogen-bond donors (Lipinski definition) is 2. The number of nitrogens with zero attached hydrogens (tertiary/aromatic N) is 5. The number of benzene rings is 3. The Morgan fingerprint density at radius 2 is 1.80 bits per heavy atom. The van der Waals surface area contributed by atoms with Gasteiger partial charge < -0.3 is 29.9 Å². The number of halogens is 3. The molecule has 1 aliphatic carbocycles. The normalized spacial score (nSPS) is 25.4. The minimum atomic E-state index is -0.981. The lowest BCUT2D eigenvalue weighted by molar-refractivity contribution is -0.134. The van der Waals surface area contributed by atoms with Crippen molar-refractivity contribution >= 4 is 33.4 Å². The van der Waals surface area contributed by atoms with Gasteiger partial charge in [-0.3, -0.25) is 4.79 Å². The quantitative estimate of drug-likeness (QED) is 0.255. The average molecular weight is 697 g/mol. The van der Waals surface area contributed by atoms with Gasteiger partial charge in [0, 0.05) is 73.6 Å². The van der Waals surface area contributed by atoms with E-state index in [1.165, 1.54) is 30.3 Å². The molecule has 1 saturated carbocycles. The summed E-state index contributed by atoms with van der Waals surface area (Å²) in [6.07, 6.45) is 11.3. The summed E-state index contributed by atoms with van der Waals surface area (Å²) in [5, 5.41) is 14.8. The summed E-state index contributed by atoms with van der Waals surface area (Å²) in [6, 6.07) is 6.82. The second kappa shape index (κ2) is 11.7. The van der Waals surface area contributed by atoms with E-state index < -0.39 is 23.0 Å². The molecule has 3 atom stereocenters. The van der Waals surface area contributed by atoms with Gasteiger partial charge >= 0.3 is 6.01 Å². The largest absolute Gasteiger partial charge is 0.508 e. The van der Waals surface area contributed by atoms with Crippen LogP contribution >= 0.6 is 0 Å². The molecule has 3 unspecified atom stereocenters. The Bertz CT molecular complexity index is 2160. The molecular formula is C39H39F3N6O3. The minimum Gasteiger partial charge on any atom is -0.508 e. The number of likely N-dealkylation sites (tertiary alicyclic amines) is 2. The molecule has 1 aromatic heterocycles. The van der Waals surface area contributed by atoms with Crippen LogP contribution < -0.4 is 15.0 Å². The van der Waals surface area contributed by atoms with Gasteiger partial charge in [0.2, 0.25) is 5.91 Å². The number of phenols is 1. The van der Waals surface area contributed by atoms with E-state index >= 15 is 8.78 Å². The van der Waals surface area contributed by atoms with Crippen molar-refractivity contribution < 1.29 is 27.8 Å². The molecule has 1 spiro atoms. The van der Waals surface area contributed by atoms with Gasteiger partial charge in [-0.2, -0.15) is 9.97 Å². The van der Waals surface area contributed by atoms with Crippen molar-refractivity contribution in [3.05, 3.63) is 53.3 Å². The van der Waals surface area contributed by atoms with Crippen LogP contribution in [0, 0.1) is 40.6 Å². The summed E-state index contributed by atoms with van der Waals surface area (Å²) >= 11 is 0. The molecule has 5 heterocycles. The van der Waals surface area contributed by atoms with Crippen LogP contribution in [0.25, 0.3) is 32.8 Å². The van der Waals surface area contributed by atoms with Gasteiger partial charge in [-0.05, 0) is 74.7 Å². The minimum absolute atomic E-state index is 0.00674. The first kappa shape index (κ1) is 32.3. The van der Waals surface area contributed by atoms with Gasteiger partial charge in [0.15, 0.2) is 5.82 Å². The number of terminal acetylenes is 1. The van der Waals surface area contributed by atoms with Gasteiger partial charge in [-0.1, -0.05) is 12.0 Å². The van der Waals surface area contributed by atoms with Crippen LogP contribution in [-0.2, 0) is 4.79 Å². The number of hydrogen-bond acceptors (Lipinski definition) is 8. The number of ether oxygens (including phenoxy) is 1. The fourth-order valence-corrected chi connectivity index (χ4v) is 9.13. The Balaban J connectivity index is 1.09. The first-order valence-electron chi connectivity index (χ1n) is 17.8. The number of amides is 1. The molecule has 3 aromatic carbocycles. The fraction of sp³-hybridized carbons (Fsp3) is 0.462. The molecule has 2 N–H and O–H groups in total. The Labute approximate surface area is 293 Å². The molecule has 5 fully saturated rings. The number of fused-ring (bicyclic) bond motifs is 4. The summed E-state index contributed by atoms with van der Waals surface area (Å²) in [6.45, 7) is 4.73. The predicted molar refractivity (Wildman–Crippen MR) is 187 cm³/mol. The van der Waals surface area contributed by atoms with E-state index in [0.717, 1.165) is 64.7 Å². The van der Waals surface area contributed by atoms with Crippen molar-refractivity contribution in [2.75, 3.05) is 57.8 Å². The highest BCUT2D eigenvalue weighted by Crippen LogP contribution is 2.49. The summed E-state index contributed by atoms with van der Waals surface area (Å²) < 4.78 is 54.6. The van der Waals surface area contributed by atoms with Crippen LogP contribution in [0.2, 0.25) is 0 Å². The average Bonchev–Trinajstić information content (AvgIpc) is 3.49. The first-order chi connectivity index (χ1) is 24.5. The van der Waals surface area contributed by atoms with Crippen molar-refractivity contribution in [1.82, 2.24) is 25.1 Å². The molecule has 9 nitrogen and oxygen atoms in total. The molecule has 9 rings (SSSR count). The molecule has 4 saturated heterocycles. The molecule has 12 heteroatoms. The Hall–Kier alpha value is -4.60. The molecule has 51 heavy (non-hydrogen) atoms. The molecule has 5 aliphatic rings. The predicted octanol–water partition coefficient (Wildman–Crippen LogP) is 5.21. The SMILES string of the molecule is C#Cc1c(F)ccc2cc(O)cc(-c3c(F)cc4c(N5CC6CCC(C5)N6)nc(OCC5(CN6CCC7(CCN(C)C7=O)C6)CC5)nc4c3F)c12. The van der Waals surface area contributed by atoms with Gasteiger partial charge in [-0.15, -0.1) is 6.42 Å².